The molecule has 0 atom stereocenters. The first kappa shape index (κ1) is 9.79. The lowest BCUT2D eigenvalue weighted by Crippen LogP contribution is -2.48. The summed E-state index contributed by atoms with van der Waals surface area (Å²) in [6.07, 6.45) is -0.118. The first-order valence-corrected chi connectivity index (χ1v) is 3.85. The van der Waals surface area contributed by atoms with Crippen LogP contribution in [0.5, 0.6) is 0 Å². The molecule has 1 aliphatic rings. The molecule has 2 N–H and O–H groups in total. The Hall–Kier alpha value is -1.30. The van der Waals surface area contributed by atoms with Crippen molar-refractivity contribution in [1.29, 1.82) is 0 Å². The number of carboxylic acid groups (broad SMARTS) is 1. The van der Waals surface area contributed by atoms with Gasteiger partial charge in [-0.05, 0) is 12.8 Å². The molecule has 0 unspecified atom stereocenters. The van der Waals surface area contributed by atoms with Crippen molar-refractivity contribution in [3.05, 3.63) is 0 Å². The van der Waals surface area contributed by atoms with Crippen LogP contribution in [0, 0.1) is 0 Å². The summed E-state index contributed by atoms with van der Waals surface area (Å²) >= 11 is 0. The molecule has 0 saturated heterocycles. The molecule has 6 heteroatoms. The number of carbonyl (C=O) groups is 2. The second-order valence-electron chi connectivity index (χ2n) is 3.00. The van der Waals surface area contributed by atoms with Crippen LogP contribution in [0.25, 0.3) is 0 Å². The Kier molecular flexibility index (Phi) is 2.42. The number of nitrogens with zero attached hydrogens (tertiary/aromatic N) is 1. The smallest absolute Gasteiger partial charge is 0.405 e. The largest absolute Gasteiger partial charge is 0.465 e. The number of amides is 2. The predicted molar refractivity (Wildman–Crippen MR) is 42.9 cm³/mol. The van der Waals surface area contributed by atoms with Crippen LogP contribution in [0.4, 0.5) is 4.79 Å². The Balaban J connectivity index is 2.60. The molecule has 0 spiro atoms. The second-order valence-corrected chi connectivity index (χ2v) is 3.00. The van der Waals surface area contributed by atoms with Gasteiger partial charge in [-0.3, -0.25) is 9.63 Å². The van der Waals surface area contributed by atoms with Crippen LogP contribution in [0.15, 0.2) is 0 Å². The molecule has 13 heavy (non-hydrogen) atoms. The number of likely N-dealkylation sites (N-methyl/N-ethyl adjacent to an activating group) is 1. The van der Waals surface area contributed by atoms with Crippen molar-refractivity contribution in [2.24, 2.45) is 0 Å². The summed E-state index contributed by atoms with van der Waals surface area (Å²) in [5.41, 5.74) is -0.934. The highest BCUT2D eigenvalue weighted by Gasteiger charge is 2.53. The molecular formula is C7H12N2O4. The van der Waals surface area contributed by atoms with Crippen molar-refractivity contribution in [3.8, 4) is 0 Å². The summed E-state index contributed by atoms with van der Waals surface area (Å²) in [4.78, 5) is 26.5. The average molecular weight is 188 g/mol. The maximum absolute atomic E-state index is 11.5. The summed E-state index contributed by atoms with van der Waals surface area (Å²) in [5.74, 6) is -0.350. The average Bonchev–Trinajstić information content (AvgIpc) is 2.82. The van der Waals surface area contributed by atoms with E-state index in [2.05, 4.69) is 10.2 Å². The van der Waals surface area contributed by atoms with Gasteiger partial charge in [0.1, 0.15) is 5.54 Å². The highest BCUT2D eigenvalue weighted by Crippen LogP contribution is 2.36. The Morgan fingerprint density at radius 1 is 1.54 bits per heavy atom. The molecule has 0 heterocycles. The third kappa shape index (κ3) is 1.89. The van der Waals surface area contributed by atoms with E-state index in [0.717, 1.165) is 5.06 Å². The van der Waals surface area contributed by atoms with E-state index in [1.807, 2.05) is 0 Å². The summed E-state index contributed by atoms with van der Waals surface area (Å²) in [5, 5.41) is 11.7. The number of nitrogens with one attached hydrogen (secondary N) is 1. The molecule has 2 amide bonds. The summed E-state index contributed by atoms with van der Waals surface area (Å²) in [6, 6.07) is 0. The lowest BCUT2D eigenvalue weighted by molar-refractivity contribution is -0.172. The van der Waals surface area contributed by atoms with Gasteiger partial charge in [0.2, 0.25) is 0 Å². The Bertz CT molecular complexity index is 237. The van der Waals surface area contributed by atoms with E-state index < -0.39 is 11.6 Å². The van der Waals surface area contributed by atoms with Gasteiger partial charge in [-0.1, -0.05) is 0 Å². The van der Waals surface area contributed by atoms with Crippen LogP contribution in [-0.4, -0.2) is 41.9 Å². The molecule has 6 nitrogen and oxygen atoms in total. The molecule has 1 rings (SSSR count). The first-order valence-electron chi connectivity index (χ1n) is 3.85. The molecule has 0 aromatic rings. The van der Waals surface area contributed by atoms with Crippen LogP contribution >= 0.6 is 0 Å². The molecule has 1 fully saturated rings. The highest BCUT2D eigenvalue weighted by molar-refractivity contribution is 5.91. The number of hydroxylamine groups is 2. The molecule has 1 aliphatic carbocycles. The molecule has 1 saturated carbocycles. The standard InChI is InChI=1S/C7H12N2O4/c1-9(13-2)5(10)7(3-4-7)8-6(11)12/h8H,3-4H2,1-2H3,(H,11,12). The van der Waals surface area contributed by atoms with Gasteiger partial charge < -0.3 is 10.4 Å². The van der Waals surface area contributed by atoms with Crippen LogP contribution in [0.1, 0.15) is 12.8 Å². The topological polar surface area (TPSA) is 78.9 Å². The zero-order chi connectivity index (χ0) is 10.1. The number of rotatable bonds is 3. The lowest BCUT2D eigenvalue weighted by Gasteiger charge is -2.20. The first-order chi connectivity index (χ1) is 6.02. The maximum atomic E-state index is 11.5. The minimum atomic E-state index is -1.18. The van der Waals surface area contributed by atoms with Crippen LogP contribution < -0.4 is 5.32 Å². The fourth-order valence-corrected chi connectivity index (χ4v) is 1.11. The van der Waals surface area contributed by atoms with E-state index in [4.69, 9.17) is 5.11 Å². The normalized spacial score (nSPS) is 17.7. The van der Waals surface area contributed by atoms with Crippen LogP contribution in [0.3, 0.4) is 0 Å². The minimum Gasteiger partial charge on any atom is -0.465 e. The van der Waals surface area contributed by atoms with Gasteiger partial charge in [0.15, 0.2) is 0 Å². The van der Waals surface area contributed by atoms with Gasteiger partial charge in [0.25, 0.3) is 5.91 Å². The summed E-state index contributed by atoms with van der Waals surface area (Å²) < 4.78 is 0. The predicted octanol–water partition coefficient (Wildman–Crippen LogP) is -0.194. The fourth-order valence-electron chi connectivity index (χ4n) is 1.11. The monoisotopic (exact) mass is 188 g/mol. The van der Waals surface area contributed by atoms with Crippen LogP contribution in [0.2, 0.25) is 0 Å². The van der Waals surface area contributed by atoms with Gasteiger partial charge in [0, 0.05) is 7.05 Å². The lowest BCUT2D eigenvalue weighted by atomic mass is 10.2. The highest BCUT2D eigenvalue weighted by atomic mass is 16.7. The molecule has 74 valence electrons. The summed E-state index contributed by atoms with van der Waals surface area (Å²) in [7, 11) is 2.81. The third-order valence-corrected chi connectivity index (χ3v) is 2.07. The van der Waals surface area contributed by atoms with Crippen molar-refractivity contribution in [2.45, 2.75) is 18.4 Å². The number of carbonyl (C=O) groups excluding carboxylic acids is 1. The molecule has 0 bridgehead atoms. The third-order valence-electron chi connectivity index (χ3n) is 2.07. The number of hydrogen-bond acceptors (Lipinski definition) is 3. The molecule has 0 radical (unpaired) electrons. The van der Waals surface area contributed by atoms with Crippen molar-refractivity contribution >= 4 is 12.0 Å². The van der Waals surface area contributed by atoms with Gasteiger partial charge in [-0.2, -0.15) is 0 Å². The van der Waals surface area contributed by atoms with E-state index in [1.54, 1.807) is 0 Å². The van der Waals surface area contributed by atoms with E-state index in [9.17, 15) is 9.59 Å². The molecule has 0 aliphatic heterocycles. The molecule has 0 aromatic heterocycles. The SMILES string of the molecule is CON(C)C(=O)C1(NC(=O)O)CC1. The van der Waals surface area contributed by atoms with E-state index >= 15 is 0 Å². The fraction of sp³-hybridized carbons (Fsp3) is 0.714. The van der Waals surface area contributed by atoms with Crippen LogP contribution in [-0.2, 0) is 9.63 Å². The van der Waals surface area contributed by atoms with Gasteiger partial charge in [-0.25, -0.2) is 9.86 Å². The van der Waals surface area contributed by atoms with Crippen molar-refractivity contribution in [3.63, 3.8) is 0 Å². The second kappa shape index (κ2) is 3.21. The van der Waals surface area contributed by atoms with Crippen molar-refractivity contribution in [1.82, 2.24) is 10.4 Å². The molecule has 0 aromatic carbocycles. The quantitative estimate of drug-likeness (QED) is 0.601. The number of hydrogen-bond donors (Lipinski definition) is 2. The van der Waals surface area contributed by atoms with Gasteiger partial charge in [-0.15, -0.1) is 0 Å². The summed E-state index contributed by atoms with van der Waals surface area (Å²) in [6.45, 7) is 0. The maximum Gasteiger partial charge on any atom is 0.405 e. The Morgan fingerprint density at radius 2 is 2.08 bits per heavy atom. The minimum absolute atomic E-state index is 0.350. The van der Waals surface area contributed by atoms with E-state index in [-0.39, 0.29) is 5.91 Å². The van der Waals surface area contributed by atoms with Gasteiger partial charge >= 0.3 is 6.09 Å². The van der Waals surface area contributed by atoms with Crippen molar-refractivity contribution < 1.29 is 19.5 Å². The van der Waals surface area contributed by atoms with E-state index in [1.165, 1.54) is 14.2 Å². The van der Waals surface area contributed by atoms with Crippen molar-refractivity contribution in [2.75, 3.05) is 14.2 Å². The Labute approximate surface area is 75.4 Å². The van der Waals surface area contributed by atoms with E-state index in [0.29, 0.717) is 12.8 Å². The Morgan fingerprint density at radius 3 is 2.38 bits per heavy atom. The zero-order valence-electron chi connectivity index (χ0n) is 7.53. The zero-order valence-corrected chi connectivity index (χ0v) is 7.53. The molecular weight excluding hydrogens is 176 g/mol. The van der Waals surface area contributed by atoms with Gasteiger partial charge in [0.05, 0.1) is 7.11 Å².